The summed E-state index contributed by atoms with van der Waals surface area (Å²) in [7, 11) is 1.57. The Kier molecular flexibility index (Phi) is 5.76. The van der Waals surface area contributed by atoms with Crippen LogP contribution in [0.15, 0.2) is 36.4 Å². The summed E-state index contributed by atoms with van der Waals surface area (Å²) in [5.41, 5.74) is 2.77. The highest BCUT2D eigenvalue weighted by Gasteiger charge is 2.26. The number of halogens is 2. The Bertz CT molecular complexity index is 912. The van der Waals surface area contributed by atoms with E-state index in [2.05, 4.69) is 20.8 Å². The van der Waals surface area contributed by atoms with Gasteiger partial charge in [0, 0.05) is 10.6 Å². The maximum atomic E-state index is 6.32. The predicted molar refractivity (Wildman–Crippen MR) is 102 cm³/mol. The number of nitrogens with one attached hydrogen (secondary N) is 1. The molecule has 1 aromatic heterocycles. The minimum atomic E-state index is -0.346. The van der Waals surface area contributed by atoms with Crippen molar-refractivity contribution in [1.29, 1.82) is 0 Å². The fourth-order valence-corrected chi connectivity index (χ4v) is 3.46. The molecule has 8 heteroatoms. The maximum Gasteiger partial charge on any atom is 0.178 e. The van der Waals surface area contributed by atoms with Gasteiger partial charge in [0.2, 0.25) is 0 Å². The molecule has 2 aromatic carbocycles. The fourth-order valence-electron chi connectivity index (χ4n) is 2.87. The highest BCUT2D eigenvalue weighted by atomic mass is 35.5. The van der Waals surface area contributed by atoms with E-state index in [0.29, 0.717) is 28.2 Å². The van der Waals surface area contributed by atoms with Gasteiger partial charge in [0.1, 0.15) is 5.75 Å². The number of aryl methyl sites for hydroxylation is 1. The van der Waals surface area contributed by atoms with Crippen LogP contribution in [0.2, 0.25) is 10.0 Å². The van der Waals surface area contributed by atoms with Crippen LogP contribution in [0, 0.1) is 6.92 Å². The average molecular weight is 392 g/mol. The van der Waals surface area contributed by atoms with E-state index in [1.54, 1.807) is 17.9 Å². The number of benzene rings is 2. The SMILES string of the molecule is CCNC(c1cc(Cl)cc(Cl)c1OC)c1nnnn1-c1cccc(C)c1. The van der Waals surface area contributed by atoms with Gasteiger partial charge in [-0.15, -0.1) is 5.10 Å². The second-order valence-corrected chi connectivity index (χ2v) is 6.63. The molecule has 1 N–H and O–H groups in total. The number of hydrogen-bond acceptors (Lipinski definition) is 5. The minimum Gasteiger partial charge on any atom is -0.495 e. The zero-order valence-corrected chi connectivity index (χ0v) is 16.2. The quantitative estimate of drug-likeness (QED) is 0.687. The van der Waals surface area contributed by atoms with Crippen molar-refractivity contribution < 1.29 is 4.74 Å². The third kappa shape index (κ3) is 3.67. The van der Waals surface area contributed by atoms with Crippen LogP contribution in [0.25, 0.3) is 5.69 Å². The Labute approximate surface area is 162 Å². The van der Waals surface area contributed by atoms with Crippen molar-refractivity contribution in [3.05, 3.63) is 63.4 Å². The lowest BCUT2D eigenvalue weighted by atomic mass is 10.0. The molecule has 3 aromatic rings. The Hall–Kier alpha value is -2.15. The Morgan fingerprint density at radius 2 is 2.04 bits per heavy atom. The number of rotatable bonds is 6. The van der Waals surface area contributed by atoms with Crippen LogP contribution < -0.4 is 10.1 Å². The lowest BCUT2D eigenvalue weighted by molar-refractivity contribution is 0.403. The van der Waals surface area contributed by atoms with Gasteiger partial charge in [0.25, 0.3) is 0 Å². The molecule has 0 bridgehead atoms. The number of tetrazole rings is 1. The summed E-state index contributed by atoms with van der Waals surface area (Å²) in [6.07, 6.45) is 0. The minimum absolute atomic E-state index is 0.346. The van der Waals surface area contributed by atoms with E-state index < -0.39 is 0 Å². The molecule has 0 saturated heterocycles. The summed E-state index contributed by atoms with van der Waals surface area (Å²) in [6, 6.07) is 11.1. The normalized spacial score (nSPS) is 12.2. The van der Waals surface area contributed by atoms with E-state index in [-0.39, 0.29) is 6.04 Å². The molecule has 1 atom stereocenters. The van der Waals surface area contributed by atoms with Crippen molar-refractivity contribution >= 4 is 23.2 Å². The number of aromatic nitrogens is 4. The smallest absolute Gasteiger partial charge is 0.178 e. The third-order valence-electron chi connectivity index (χ3n) is 3.96. The van der Waals surface area contributed by atoms with Gasteiger partial charge in [-0.2, -0.15) is 4.68 Å². The highest BCUT2D eigenvalue weighted by Crippen LogP contribution is 2.37. The molecule has 0 amide bonds. The first-order valence-electron chi connectivity index (χ1n) is 8.16. The van der Waals surface area contributed by atoms with Crippen LogP contribution >= 0.6 is 23.2 Å². The molecule has 0 radical (unpaired) electrons. The van der Waals surface area contributed by atoms with E-state index in [1.807, 2.05) is 44.2 Å². The van der Waals surface area contributed by atoms with Crippen LogP contribution in [0.5, 0.6) is 5.75 Å². The lowest BCUT2D eigenvalue weighted by Crippen LogP contribution is -2.26. The molecule has 6 nitrogen and oxygen atoms in total. The van der Waals surface area contributed by atoms with Gasteiger partial charge in [-0.25, -0.2) is 0 Å². The van der Waals surface area contributed by atoms with E-state index in [9.17, 15) is 0 Å². The van der Waals surface area contributed by atoms with Crippen molar-refractivity contribution in [1.82, 2.24) is 25.5 Å². The van der Waals surface area contributed by atoms with Gasteiger partial charge < -0.3 is 10.1 Å². The first-order valence-corrected chi connectivity index (χ1v) is 8.92. The zero-order valence-electron chi connectivity index (χ0n) is 14.7. The Morgan fingerprint density at radius 1 is 1.23 bits per heavy atom. The molecule has 0 spiro atoms. The summed E-state index contributed by atoms with van der Waals surface area (Å²) in [5, 5.41) is 16.6. The summed E-state index contributed by atoms with van der Waals surface area (Å²) in [6.45, 7) is 4.72. The maximum absolute atomic E-state index is 6.32. The van der Waals surface area contributed by atoms with Crippen molar-refractivity contribution in [3.63, 3.8) is 0 Å². The van der Waals surface area contributed by atoms with Gasteiger partial charge in [-0.3, -0.25) is 0 Å². The van der Waals surface area contributed by atoms with Crippen molar-refractivity contribution in [3.8, 4) is 11.4 Å². The molecule has 0 aliphatic heterocycles. The Balaban J connectivity index is 2.16. The molecule has 0 saturated carbocycles. The van der Waals surface area contributed by atoms with E-state index in [1.165, 1.54) is 0 Å². The molecule has 26 heavy (non-hydrogen) atoms. The number of hydrogen-bond donors (Lipinski definition) is 1. The molecule has 0 aliphatic rings. The summed E-state index contributed by atoms with van der Waals surface area (Å²) in [5.74, 6) is 1.16. The third-order valence-corrected chi connectivity index (χ3v) is 4.46. The first kappa shape index (κ1) is 18.6. The summed E-state index contributed by atoms with van der Waals surface area (Å²) >= 11 is 12.6. The van der Waals surface area contributed by atoms with Crippen LogP contribution in [0.1, 0.15) is 29.9 Å². The van der Waals surface area contributed by atoms with Crippen molar-refractivity contribution in [2.24, 2.45) is 0 Å². The highest BCUT2D eigenvalue weighted by molar-refractivity contribution is 6.35. The molecule has 136 valence electrons. The molecular formula is C18H19Cl2N5O. The van der Waals surface area contributed by atoms with E-state index >= 15 is 0 Å². The molecule has 0 fully saturated rings. The average Bonchev–Trinajstić information content (AvgIpc) is 3.08. The molecule has 1 heterocycles. The zero-order chi connectivity index (χ0) is 18.7. The number of nitrogens with zero attached hydrogens (tertiary/aromatic N) is 4. The second kappa shape index (κ2) is 8.03. The monoisotopic (exact) mass is 391 g/mol. The van der Waals surface area contributed by atoms with E-state index in [4.69, 9.17) is 27.9 Å². The molecule has 1 unspecified atom stereocenters. The molecule has 3 rings (SSSR count). The van der Waals surface area contributed by atoms with Crippen LogP contribution in [0.3, 0.4) is 0 Å². The van der Waals surface area contributed by atoms with Crippen LogP contribution in [-0.4, -0.2) is 33.9 Å². The van der Waals surface area contributed by atoms with Crippen molar-refractivity contribution in [2.45, 2.75) is 19.9 Å². The standard InChI is InChI=1S/C18H19Cl2N5O/c1-4-21-16(14-9-12(19)10-15(20)17(14)26-3)18-22-23-24-25(18)13-7-5-6-11(2)8-13/h5-10,16,21H,4H2,1-3H3. The fraction of sp³-hybridized carbons (Fsp3) is 0.278. The van der Waals surface area contributed by atoms with Gasteiger partial charge in [0.15, 0.2) is 5.82 Å². The predicted octanol–water partition coefficient (Wildman–Crippen LogP) is 3.99. The topological polar surface area (TPSA) is 64.9 Å². The largest absolute Gasteiger partial charge is 0.495 e. The second-order valence-electron chi connectivity index (χ2n) is 5.79. The number of ether oxygens (including phenoxy) is 1. The summed E-state index contributed by atoms with van der Waals surface area (Å²) in [4.78, 5) is 0. The molecular weight excluding hydrogens is 373 g/mol. The summed E-state index contributed by atoms with van der Waals surface area (Å²) < 4.78 is 7.22. The van der Waals surface area contributed by atoms with Gasteiger partial charge in [-0.1, -0.05) is 42.3 Å². The number of methoxy groups -OCH3 is 1. The lowest BCUT2D eigenvalue weighted by Gasteiger charge is -2.21. The molecule has 0 aliphatic carbocycles. The van der Waals surface area contributed by atoms with Crippen LogP contribution in [-0.2, 0) is 0 Å². The first-order chi connectivity index (χ1) is 12.5. The Morgan fingerprint density at radius 3 is 2.73 bits per heavy atom. The van der Waals surface area contributed by atoms with E-state index in [0.717, 1.165) is 16.8 Å². The van der Waals surface area contributed by atoms with Crippen molar-refractivity contribution in [2.75, 3.05) is 13.7 Å². The van der Waals surface area contributed by atoms with Gasteiger partial charge >= 0.3 is 0 Å². The van der Waals surface area contributed by atoms with Crippen LogP contribution in [0.4, 0.5) is 0 Å². The van der Waals surface area contributed by atoms with Gasteiger partial charge in [-0.05, 0) is 53.7 Å². The van der Waals surface area contributed by atoms with Gasteiger partial charge in [0.05, 0.1) is 23.9 Å².